The van der Waals surface area contributed by atoms with E-state index >= 15 is 0 Å². The summed E-state index contributed by atoms with van der Waals surface area (Å²) in [6.45, 7) is 3.95. The third-order valence-electron chi connectivity index (χ3n) is 2.98. The first-order valence-corrected chi connectivity index (χ1v) is 6.26. The Balaban J connectivity index is 1.95. The van der Waals surface area contributed by atoms with Gasteiger partial charge < -0.3 is 5.11 Å². The van der Waals surface area contributed by atoms with E-state index in [0.29, 0.717) is 5.70 Å². The number of hydrogen-bond acceptors (Lipinski definition) is 5. The lowest BCUT2D eigenvalue weighted by Gasteiger charge is -2.16. The molecule has 0 aliphatic carbocycles. The van der Waals surface area contributed by atoms with Gasteiger partial charge in [-0.3, -0.25) is 5.43 Å². The topological polar surface area (TPSA) is 66.2 Å². The zero-order chi connectivity index (χ0) is 14.1. The highest BCUT2D eigenvalue weighted by Crippen LogP contribution is 2.18. The Labute approximate surface area is 116 Å². The number of rotatable bonds is 2. The van der Waals surface area contributed by atoms with Crippen LogP contribution in [0, 0.1) is 13.8 Å². The van der Waals surface area contributed by atoms with Gasteiger partial charge in [-0.15, -0.1) is 0 Å². The van der Waals surface area contributed by atoms with E-state index in [0.717, 1.165) is 29.3 Å². The van der Waals surface area contributed by atoms with Gasteiger partial charge in [-0.05, 0) is 38.1 Å². The molecule has 0 atom stereocenters. The van der Waals surface area contributed by atoms with Crippen LogP contribution in [0.2, 0.25) is 0 Å². The van der Waals surface area contributed by atoms with E-state index < -0.39 is 0 Å². The van der Waals surface area contributed by atoms with Gasteiger partial charge in [0.05, 0.1) is 11.4 Å². The molecule has 20 heavy (non-hydrogen) atoms. The third-order valence-corrected chi connectivity index (χ3v) is 2.98. The number of aliphatic hydroxyl groups excluding tert-OH is 1. The highest BCUT2D eigenvalue weighted by atomic mass is 16.2. The predicted octanol–water partition coefficient (Wildman–Crippen LogP) is 2.12. The lowest BCUT2D eigenvalue weighted by atomic mass is 10.4. The van der Waals surface area contributed by atoms with Crippen molar-refractivity contribution in [3.05, 3.63) is 59.9 Å². The predicted molar refractivity (Wildman–Crippen MR) is 76.3 cm³/mol. The summed E-state index contributed by atoms with van der Waals surface area (Å²) >= 11 is 0. The molecule has 2 N–H and O–H groups in total. The van der Waals surface area contributed by atoms with Crippen molar-refractivity contribution in [1.82, 2.24) is 20.2 Å². The number of nitrogens with one attached hydrogen (secondary N) is 1. The highest BCUT2D eigenvalue weighted by Gasteiger charge is 2.13. The molecule has 0 amide bonds. The minimum Gasteiger partial charge on any atom is -0.513 e. The van der Waals surface area contributed by atoms with Crippen molar-refractivity contribution in [2.45, 2.75) is 13.8 Å². The van der Waals surface area contributed by atoms with E-state index in [1.54, 1.807) is 22.0 Å². The molecule has 0 bridgehead atoms. The molecule has 2 aromatic heterocycles. The smallest absolute Gasteiger partial charge is 0.156 e. The Hall–Kier alpha value is -2.76. The molecule has 3 rings (SSSR count). The molecule has 0 saturated heterocycles. The van der Waals surface area contributed by atoms with Crippen LogP contribution >= 0.6 is 0 Å². The number of pyridine rings is 1. The van der Waals surface area contributed by atoms with Crippen LogP contribution in [0.5, 0.6) is 0 Å². The van der Waals surface area contributed by atoms with Gasteiger partial charge >= 0.3 is 0 Å². The number of allylic oxidation sites excluding steroid dienone is 1. The van der Waals surface area contributed by atoms with Crippen LogP contribution in [-0.2, 0) is 0 Å². The average Bonchev–Trinajstić information content (AvgIpc) is 3.05. The molecular formula is C14H15N5O. The second-order valence-electron chi connectivity index (χ2n) is 4.57. The number of aliphatic hydroxyl groups is 1. The average molecular weight is 269 g/mol. The van der Waals surface area contributed by atoms with E-state index in [9.17, 15) is 0 Å². The van der Waals surface area contributed by atoms with Crippen LogP contribution in [-0.4, -0.2) is 19.9 Å². The Kier molecular flexibility index (Phi) is 2.90. The summed E-state index contributed by atoms with van der Waals surface area (Å²) in [6.07, 6.45) is 4.58. The fourth-order valence-corrected chi connectivity index (χ4v) is 2.10. The molecule has 3 heterocycles. The van der Waals surface area contributed by atoms with Crippen LogP contribution in [0.4, 0.5) is 5.82 Å². The summed E-state index contributed by atoms with van der Waals surface area (Å²) in [5, 5.41) is 15.1. The van der Waals surface area contributed by atoms with Gasteiger partial charge in [-0.2, -0.15) is 5.10 Å². The number of anilines is 1. The lowest BCUT2D eigenvalue weighted by Crippen LogP contribution is -2.28. The summed E-state index contributed by atoms with van der Waals surface area (Å²) in [6, 6.07) is 7.72. The van der Waals surface area contributed by atoms with Crippen LogP contribution in [0.1, 0.15) is 11.4 Å². The summed E-state index contributed by atoms with van der Waals surface area (Å²) in [5.74, 6) is 1.48. The van der Waals surface area contributed by atoms with Crippen molar-refractivity contribution in [2.75, 3.05) is 5.01 Å². The van der Waals surface area contributed by atoms with E-state index in [4.69, 9.17) is 5.11 Å². The number of hydrazine groups is 1. The molecule has 0 radical (unpaired) electrons. The van der Waals surface area contributed by atoms with Crippen LogP contribution in [0.25, 0.3) is 5.82 Å². The van der Waals surface area contributed by atoms with Gasteiger partial charge in [0, 0.05) is 11.9 Å². The van der Waals surface area contributed by atoms with Crippen molar-refractivity contribution in [3.63, 3.8) is 0 Å². The first-order chi connectivity index (χ1) is 9.67. The fourth-order valence-electron chi connectivity index (χ4n) is 2.10. The monoisotopic (exact) mass is 269 g/mol. The maximum absolute atomic E-state index is 8.97. The Morgan fingerprint density at radius 1 is 1.25 bits per heavy atom. The normalized spacial score (nSPS) is 15.9. The summed E-state index contributed by atoms with van der Waals surface area (Å²) in [7, 11) is 0. The first kappa shape index (κ1) is 12.3. The van der Waals surface area contributed by atoms with Crippen molar-refractivity contribution in [2.24, 2.45) is 0 Å². The van der Waals surface area contributed by atoms with Gasteiger partial charge in [-0.25, -0.2) is 14.7 Å². The molecule has 1 aliphatic heterocycles. The van der Waals surface area contributed by atoms with Gasteiger partial charge in [0.15, 0.2) is 11.6 Å². The lowest BCUT2D eigenvalue weighted by molar-refractivity contribution is 0.465. The highest BCUT2D eigenvalue weighted by molar-refractivity contribution is 5.48. The molecule has 0 unspecified atom stereocenters. The molecular weight excluding hydrogens is 254 g/mol. The van der Waals surface area contributed by atoms with Gasteiger partial charge in [-0.1, -0.05) is 6.07 Å². The van der Waals surface area contributed by atoms with Crippen molar-refractivity contribution in [1.29, 1.82) is 0 Å². The molecule has 0 aromatic carbocycles. The van der Waals surface area contributed by atoms with Crippen molar-refractivity contribution < 1.29 is 5.11 Å². The number of hydrogen-bond donors (Lipinski definition) is 2. The number of aryl methyl sites for hydroxylation is 2. The van der Waals surface area contributed by atoms with Crippen molar-refractivity contribution >= 4 is 5.82 Å². The summed E-state index contributed by atoms with van der Waals surface area (Å²) in [4.78, 5) is 4.57. The number of aromatic nitrogens is 3. The Morgan fingerprint density at radius 2 is 2.05 bits per heavy atom. The van der Waals surface area contributed by atoms with E-state index in [2.05, 4.69) is 15.5 Å². The summed E-state index contributed by atoms with van der Waals surface area (Å²) < 4.78 is 1.81. The minimum atomic E-state index is 0.614. The zero-order valence-electron chi connectivity index (χ0n) is 11.3. The SMILES string of the molecule is Cc1cc(C)n(-c2cccc(N3C=CC(=CO)N3)n2)n1. The molecule has 102 valence electrons. The van der Waals surface area contributed by atoms with E-state index in [1.165, 1.54) is 0 Å². The van der Waals surface area contributed by atoms with Crippen LogP contribution < -0.4 is 10.4 Å². The zero-order valence-corrected chi connectivity index (χ0v) is 11.3. The van der Waals surface area contributed by atoms with E-state index in [-0.39, 0.29) is 0 Å². The van der Waals surface area contributed by atoms with Crippen LogP contribution in [0.3, 0.4) is 0 Å². The maximum Gasteiger partial charge on any atom is 0.156 e. The van der Waals surface area contributed by atoms with Gasteiger partial charge in [0.25, 0.3) is 0 Å². The molecule has 6 nitrogen and oxygen atoms in total. The van der Waals surface area contributed by atoms with Gasteiger partial charge in [0.1, 0.15) is 6.26 Å². The molecule has 0 fully saturated rings. The first-order valence-electron chi connectivity index (χ1n) is 6.26. The standard InChI is InChI=1S/C14H15N5O/c1-10-8-11(2)19(16-10)14-5-3-4-13(15-14)18-7-6-12(9-20)17-18/h3-9,17,20H,1-2H3. The van der Waals surface area contributed by atoms with Crippen LogP contribution in [0.15, 0.2) is 48.5 Å². The largest absolute Gasteiger partial charge is 0.513 e. The second kappa shape index (κ2) is 4.73. The minimum absolute atomic E-state index is 0.614. The Morgan fingerprint density at radius 3 is 2.70 bits per heavy atom. The second-order valence-corrected chi connectivity index (χ2v) is 4.57. The molecule has 6 heteroatoms. The quantitative estimate of drug-likeness (QED) is 0.817. The fraction of sp³-hybridized carbons (Fsp3) is 0.143. The molecule has 0 saturated carbocycles. The molecule has 0 spiro atoms. The van der Waals surface area contributed by atoms with Gasteiger partial charge in [0.2, 0.25) is 0 Å². The maximum atomic E-state index is 8.97. The molecule has 2 aromatic rings. The van der Waals surface area contributed by atoms with E-state index in [1.807, 2.05) is 38.1 Å². The molecule has 1 aliphatic rings. The van der Waals surface area contributed by atoms with Crippen molar-refractivity contribution in [3.8, 4) is 5.82 Å². The summed E-state index contributed by atoms with van der Waals surface area (Å²) in [5.41, 5.74) is 5.60. The number of nitrogens with zero attached hydrogens (tertiary/aromatic N) is 4. The third kappa shape index (κ3) is 2.11. The Bertz CT molecular complexity index is 701.